The summed E-state index contributed by atoms with van der Waals surface area (Å²) in [7, 11) is 0. The predicted molar refractivity (Wildman–Crippen MR) is 96.1 cm³/mol. The zero-order valence-electron chi connectivity index (χ0n) is 13.5. The van der Waals surface area contributed by atoms with Gasteiger partial charge in [0.2, 0.25) is 0 Å². The molecular weight excluding hydrogens is 379 g/mol. The molecule has 1 saturated heterocycles. The molecule has 1 aliphatic rings. The molecule has 134 valence electrons. The van der Waals surface area contributed by atoms with Gasteiger partial charge in [-0.05, 0) is 17.7 Å². The molecule has 0 saturated carbocycles. The molecule has 4 amide bonds. The van der Waals surface area contributed by atoms with Crippen molar-refractivity contribution in [2.24, 2.45) is 0 Å². The van der Waals surface area contributed by atoms with Crippen LogP contribution in [0.3, 0.4) is 0 Å². The van der Waals surface area contributed by atoms with E-state index in [1.54, 1.807) is 42.5 Å². The van der Waals surface area contributed by atoms with Crippen molar-refractivity contribution in [3.63, 3.8) is 0 Å². The molecule has 0 spiro atoms. The van der Waals surface area contributed by atoms with Gasteiger partial charge >= 0.3 is 17.8 Å². The Balaban J connectivity index is 1.64. The van der Waals surface area contributed by atoms with Crippen molar-refractivity contribution in [1.29, 1.82) is 0 Å². The molecule has 0 aromatic heterocycles. The second-order valence-corrected chi connectivity index (χ2v) is 6.33. The molecule has 2 aromatic rings. The van der Waals surface area contributed by atoms with Crippen molar-refractivity contribution >= 4 is 41.0 Å². The molecule has 0 radical (unpaired) electrons. The number of amides is 4. The number of hydrogen-bond acceptors (Lipinski definition) is 4. The van der Waals surface area contributed by atoms with Gasteiger partial charge in [-0.1, -0.05) is 59.6 Å². The lowest BCUT2D eigenvalue weighted by molar-refractivity contribution is -0.143. The van der Waals surface area contributed by atoms with Crippen LogP contribution in [0.15, 0.2) is 48.5 Å². The molecule has 3 rings (SSSR count). The van der Waals surface area contributed by atoms with Crippen molar-refractivity contribution in [1.82, 2.24) is 9.80 Å². The van der Waals surface area contributed by atoms with E-state index in [1.165, 1.54) is 0 Å². The summed E-state index contributed by atoms with van der Waals surface area (Å²) in [5, 5.41) is 0.636. The highest BCUT2D eigenvalue weighted by atomic mass is 35.5. The number of ether oxygens (including phenoxy) is 1. The normalized spacial score (nSPS) is 14.3. The summed E-state index contributed by atoms with van der Waals surface area (Å²) in [6, 6.07) is 13.2. The van der Waals surface area contributed by atoms with Crippen molar-refractivity contribution in [2.45, 2.75) is 6.54 Å². The fourth-order valence-corrected chi connectivity index (χ4v) is 3.02. The van der Waals surface area contributed by atoms with Crippen LogP contribution in [0.4, 0.5) is 4.79 Å². The first kappa shape index (κ1) is 18.2. The monoisotopic (exact) mass is 392 g/mol. The maximum Gasteiger partial charge on any atom is 0.334 e. The van der Waals surface area contributed by atoms with Crippen LogP contribution in [0, 0.1) is 0 Å². The molecular formula is C18H14Cl2N2O4. The van der Waals surface area contributed by atoms with E-state index >= 15 is 0 Å². The summed E-state index contributed by atoms with van der Waals surface area (Å²) >= 11 is 12.0. The van der Waals surface area contributed by atoms with Gasteiger partial charge in [-0.25, -0.2) is 4.79 Å². The fraction of sp³-hybridized carbons (Fsp3) is 0.167. The Kier molecular flexibility index (Phi) is 5.44. The molecule has 2 aromatic carbocycles. The number of urea groups is 1. The van der Waals surface area contributed by atoms with E-state index in [9.17, 15) is 14.4 Å². The number of para-hydroxylation sites is 1. The molecule has 1 fully saturated rings. The molecule has 0 unspecified atom stereocenters. The Labute approximate surface area is 159 Å². The minimum absolute atomic E-state index is 0.0343. The molecule has 0 N–H and O–H groups in total. The van der Waals surface area contributed by atoms with Gasteiger partial charge in [0, 0.05) is 0 Å². The Morgan fingerprint density at radius 3 is 2.08 bits per heavy atom. The second-order valence-electron chi connectivity index (χ2n) is 5.52. The first-order valence-electron chi connectivity index (χ1n) is 7.77. The zero-order chi connectivity index (χ0) is 18.7. The first-order valence-corrected chi connectivity index (χ1v) is 8.52. The minimum Gasteiger partial charge on any atom is -0.489 e. The van der Waals surface area contributed by atoms with E-state index in [4.69, 9.17) is 27.9 Å². The number of carbonyl (C=O) groups excluding carboxylic acids is 3. The average molecular weight is 393 g/mol. The van der Waals surface area contributed by atoms with Crippen molar-refractivity contribution in [3.05, 3.63) is 64.1 Å². The lowest BCUT2D eigenvalue weighted by atomic mass is 10.2. The van der Waals surface area contributed by atoms with Crippen molar-refractivity contribution < 1.29 is 19.1 Å². The minimum atomic E-state index is -0.875. The number of benzene rings is 2. The molecule has 1 aliphatic heterocycles. The van der Waals surface area contributed by atoms with Gasteiger partial charge in [0.1, 0.15) is 6.61 Å². The Morgan fingerprint density at radius 2 is 1.42 bits per heavy atom. The van der Waals surface area contributed by atoms with Crippen LogP contribution in [0.2, 0.25) is 10.0 Å². The van der Waals surface area contributed by atoms with E-state index in [0.717, 1.165) is 15.4 Å². The van der Waals surface area contributed by atoms with Crippen molar-refractivity contribution in [2.75, 3.05) is 13.2 Å². The summed E-state index contributed by atoms with van der Waals surface area (Å²) in [5.41, 5.74) is 0.753. The smallest absolute Gasteiger partial charge is 0.334 e. The highest BCUT2D eigenvalue weighted by Gasteiger charge is 2.44. The fourth-order valence-electron chi connectivity index (χ4n) is 2.51. The zero-order valence-corrected chi connectivity index (χ0v) is 15.0. The third-order valence-electron chi connectivity index (χ3n) is 3.80. The number of carbonyl (C=O) groups is 3. The van der Waals surface area contributed by atoms with Gasteiger partial charge in [-0.15, -0.1) is 0 Å². The third kappa shape index (κ3) is 3.66. The van der Waals surface area contributed by atoms with Gasteiger partial charge in [-0.2, -0.15) is 0 Å². The SMILES string of the molecule is O=C1C(=O)N(Cc2ccccc2)C(=O)N1CCOc1c(Cl)cccc1Cl. The van der Waals surface area contributed by atoms with Crippen LogP contribution in [0.5, 0.6) is 5.75 Å². The first-order chi connectivity index (χ1) is 12.5. The molecule has 26 heavy (non-hydrogen) atoms. The quantitative estimate of drug-likeness (QED) is 0.558. The lowest BCUT2D eigenvalue weighted by Crippen LogP contribution is -2.35. The summed E-state index contributed by atoms with van der Waals surface area (Å²) < 4.78 is 5.48. The summed E-state index contributed by atoms with van der Waals surface area (Å²) in [5.74, 6) is -1.46. The number of rotatable bonds is 6. The Morgan fingerprint density at radius 1 is 0.808 bits per heavy atom. The van der Waals surface area contributed by atoms with Crippen LogP contribution >= 0.6 is 23.2 Å². The summed E-state index contributed by atoms with van der Waals surface area (Å²) in [4.78, 5) is 38.4. The van der Waals surface area contributed by atoms with Gasteiger partial charge in [0.15, 0.2) is 5.75 Å². The summed E-state index contributed by atoms with van der Waals surface area (Å²) in [6.45, 7) is -0.0818. The van der Waals surface area contributed by atoms with Crippen LogP contribution in [0.25, 0.3) is 0 Å². The largest absolute Gasteiger partial charge is 0.489 e. The predicted octanol–water partition coefficient (Wildman–Crippen LogP) is 3.36. The van der Waals surface area contributed by atoms with Crippen molar-refractivity contribution in [3.8, 4) is 5.75 Å². The van der Waals surface area contributed by atoms with Crippen LogP contribution in [0.1, 0.15) is 5.56 Å². The number of imide groups is 2. The van der Waals surface area contributed by atoms with Gasteiger partial charge < -0.3 is 4.74 Å². The highest BCUT2D eigenvalue weighted by Crippen LogP contribution is 2.32. The van der Waals surface area contributed by atoms with Crippen LogP contribution in [-0.4, -0.2) is 40.8 Å². The Hall–Kier alpha value is -2.57. The lowest BCUT2D eigenvalue weighted by Gasteiger charge is -2.16. The molecule has 0 aliphatic carbocycles. The van der Waals surface area contributed by atoms with Gasteiger partial charge in [-0.3, -0.25) is 19.4 Å². The maximum atomic E-state index is 12.4. The van der Waals surface area contributed by atoms with Crippen LogP contribution < -0.4 is 4.74 Å². The number of halogens is 2. The van der Waals surface area contributed by atoms with E-state index in [2.05, 4.69) is 0 Å². The van der Waals surface area contributed by atoms with E-state index < -0.39 is 17.8 Å². The van der Waals surface area contributed by atoms with Gasteiger partial charge in [0.25, 0.3) is 0 Å². The molecule has 0 bridgehead atoms. The van der Waals surface area contributed by atoms with Gasteiger partial charge in [0.05, 0.1) is 23.1 Å². The average Bonchev–Trinajstić information content (AvgIpc) is 2.83. The number of hydrogen-bond donors (Lipinski definition) is 0. The maximum absolute atomic E-state index is 12.4. The molecule has 8 heteroatoms. The van der Waals surface area contributed by atoms with Crippen LogP contribution in [-0.2, 0) is 16.1 Å². The molecule has 0 atom stereocenters. The third-order valence-corrected chi connectivity index (χ3v) is 4.39. The summed E-state index contributed by atoms with van der Waals surface area (Å²) in [6.07, 6.45) is 0. The molecule has 1 heterocycles. The topological polar surface area (TPSA) is 66.9 Å². The standard InChI is InChI=1S/C18H14Cl2N2O4/c19-13-7-4-8-14(20)15(13)26-10-9-21-16(23)17(24)22(18(21)25)11-12-5-2-1-3-6-12/h1-8H,9-11H2. The highest BCUT2D eigenvalue weighted by molar-refractivity contribution is 6.44. The van der Waals surface area contributed by atoms with E-state index in [0.29, 0.717) is 10.0 Å². The molecule has 6 nitrogen and oxygen atoms in total. The van der Waals surface area contributed by atoms with E-state index in [1.807, 2.05) is 6.07 Å². The number of nitrogens with zero attached hydrogens (tertiary/aromatic N) is 2. The second kappa shape index (κ2) is 7.76. The Bertz CT molecular complexity index is 837. The van der Waals surface area contributed by atoms with E-state index in [-0.39, 0.29) is 25.4 Å².